The van der Waals surface area contributed by atoms with Gasteiger partial charge in [-0.2, -0.15) is 5.10 Å². The number of hydrogen-bond acceptors (Lipinski definition) is 4. The summed E-state index contributed by atoms with van der Waals surface area (Å²) in [5.41, 5.74) is 3.62. The van der Waals surface area contributed by atoms with E-state index in [2.05, 4.69) is 20.9 Å². The van der Waals surface area contributed by atoms with Crippen LogP contribution in [0.2, 0.25) is 0 Å². The molecule has 1 aromatic heterocycles. The Kier molecular flexibility index (Phi) is 4.97. The van der Waals surface area contributed by atoms with E-state index in [9.17, 15) is 8.42 Å². The van der Waals surface area contributed by atoms with Gasteiger partial charge in [-0.25, -0.2) is 13.1 Å². The van der Waals surface area contributed by atoms with Gasteiger partial charge in [0.15, 0.2) is 9.84 Å². The smallest absolute Gasteiger partial charge is 0.152 e. The van der Waals surface area contributed by atoms with Gasteiger partial charge in [0.05, 0.1) is 23.2 Å². The predicted octanol–water partition coefficient (Wildman–Crippen LogP) is 3.91. The molecule has 1 atom stereocenters. The minimum Gasteiger partial charge on any atom is -0.288 e. The summed E-state index contributed by atoms with van der Waals surface area (Å²) in [5.74, 6) is 0.349. The van der Waals surface area contributed by atoms with E-state index in [1.165, 1.54) is 0 Å². The fourth-order valence-electron chi connectivity index (χ4n) is 3.11. The SMILES string of the molecule is O=S1(=O)CC[C@@H](N=Cc2cn(-c3ccccc3)nc2-c2ccc(Br)cc2)C1. The molecular weight excluding hydrogens is 426 g/mol. The van der Waals surface area contributed by atoms with Crippen LogP contribution < -0.4 is 0 Å². The van der Waals surface area contributed by atoms with Gasteiger partial charge in [0.1, 0.15) is 5.69 Å². The molecule has 0 saturated carbocycles. The van der Waals surface area contributed by atoms with Crippen molar-refractivity contribution < 1.29 is 8.42 Å². The van der Waals surface area contributed by atoms with Crippen molar-refractivity contribution in [3.05, 3.63) is 70.8 Å². The zero-order valence-corrected chi connectivity index (χ0v) is 16.9. The molecule has 5 nitrogen and oxygen atoms in total. The van der Waals surface area contributed by atoms with E-state index in [-0.39, 0.29) is 17.5 Å². The summed E-state index contributed by atoms with van der Waals surface area (Å²) in [7, 11) is -2.94. The first kappa shape index (κ1) is 18.1. The highest BCUT2D eigenvalue weighted by Crippen LogP contribution is 2.25. The average Bonchev–Trinajstić information content (AvgIpc) is 3.24. The quantitative estimate of drug-likeness (QED) is 0.574. The molecule has 1 saturated heterocycles. The molecule has 27 heavy (non-hydrogen) atoms. The van der Waals surface area contributed by atoms with Crippen molar-refractivity contribution in [1.29, 1.82) is 0 Å². The highest BCUT2D eigenvalue weighted by molar-refractivity contribution is 9.10. The number of hydrogen-bond donors (Lipinski definition) is 0. The second kappa shape index (κ2) is 7.40. The van der Waals surface area contributed by atoms with Gasteiger partial charge < -0.3 is 0 Å². The Morgan fingerprint density at radius 1 is 1.11 bits per heavy atom. The van der Waals surface area contributed by atoms with Crippen LogP contribution in [-0.4, -0.2) is 42.0 Å². The number of para-hydroxylation sites is 1. The molecule has 0 amide bonds. The Labute approximate surface area is 166 Å². The Balaban J connectivity index is 1.72. The molecule has 1 aliphatic rings. The average molecular weight is 444 g/mol. The predicted molar refractivity (Wildman–Crippen MR) is 111 cm³/mol. The third-order valence-electron chi connectivity index (χ3n) is 4.51. The highest BCUT2D eigenvalue weighted by atomic mass is 79.9. The Bertz CT molecular complexity index is 1070. The van der Waals surface area contributed by atoms with Gasteiger partial charge in [-0.05, 0) is 30.7 Å². The molecule has 2 heterocycles. The van der Waals surface area contributed by atoms with Crippen LogP contribution >= 0.6 is 15.9 Å². The molecule has 0 unspecified atom stereocenters. The topological polar surface area (TPSA) is 64.3 Å². The molecular formula is C20H18BrN3O2S. The normalized spacial score (nSPS) is 18.9. The van der Waals surface area contributed by atoms with Crippen LogP contribution in [0.1, 0.15) is 12.0 Å². The van der Waals surface area contributed by atoms with Crippen LogP contribution in [0, 0.1) is 0 Å². The van der Waals surface area contributed by atoms with E-state index in [1.54, 1.807) is 6.21 Å². The fourth-order valence-corrected chi connectivity index (χ4v) is 5.01. The molecule has 0 aliphatic carbocycles. The maximum Gasteiger partial charge on any atom is 0.152 e. The maximum absolute atomic E-state index is 11.7. The lowest BCUT2D eigenvalue weighted by Crippen LogP contribution is -2.07. The highest BCUT2D eigenvalue weighted by Gasteiger charge is 2.27. The van der Waals surface area contributed by atoms with Crippen LogP contribution in [0.15, 0.2) is 70.3 Å². The number of aromatic nitrogens is 2. The minimum absolute atomic E-state index is 0.129. The van der Waals surface area contributed by atoms with Crippen molar-refractivity contribution in [3.8, 4) is 16.9 Å². The van der Waals surface area contributed by atoms with E-state index in [0.29, 0.717) is 6.42 Å². The molecule has 3 aromatic rings. The van der Waals surface area contributed by atoms with Crippen LogP contribution in [0.5, 0.6) is 0 Å². The zero-order valence-electron chi connectivity index (χ0n) is 14.5. The lowest BCUT2D eigenvalue weighted by Gasteiger charge is -2.01. The van der Waals surface area contributed by atoms with Crippen LogP contribution in [-0.2, 0) is 9.84 Å². The first-order chi connectivity index (χ1) is 13.0. The van der Waals surface area contributed by atoms with E-state index in [1.807, 2.05) is 65.5 Å². The van der Waals surface area contributed by atoms with E-state index in [0.717, 1.165) is 27.0 Å². The number of aliphatic imine (C=N–C) groups is 1. The second-order valence-corrected chi connectivity index (χ2v) is 9.70. The Hall–Kier alpha value is -2.25. The van der Waals surface area contributed by atoms with Crippen LogP contribution in [0.4, 0.5) is 0 Å². The lowest BCUT2D eigenvalue weighted by molar-refractivity contribution is 0.601. The zero-order chi connectivity index (χ0) is 18.9. The summed E-state index contributed by atoms with van der Waals surface area (Å²) in [6.45, 7) is 0. The first-order valence-corrected chi connectivity index (χ1v) is 11.3. The van der Waals surface area contributed by atoms with Crippen molar-refractivity contribution in [2.24, 2.45) is 4.99 Å². The molecule has 0 spiro atoms. The van der Waals surface area contributed by atoms with Crippen LogP contribution in [0.25, 0.3) is 16.9 Å². The molecule has 0 radical (unpaired) electrons. The van der Waals surface area contributed by atoms with Crippen molar-refractivity contribution in [3.63, 3.8) is 0 Å². The van der Waals surface area contributed by atoms with E-state index in [4.69, 9.17) is 5.10 Å². The molecule has 0 bridgehead atoms. The van der Waals surface area contributed by atoms with Gasteiger partial charge in [0.25, 0.3) is 0 Å². The number of benzene rings is 2. The van der Waals surface area contributed by atoms with E-state index < -0.39 is 9.84 Å². The summed E-state index contributed by atoms with van der Waals surface area (Å²) in [4.78, 5) is 4.53. The van der Waals surface area contributed by atoms with Crippen molar-refractivity contribution in [2.75, 3.05) is 11.5 Å². The molecule has 7 heteroatoms. The summed E-state index contributed by atoms with van der Waals surface area (Å²) in [6, 6.07) is 17.6. The van der Waals surface area contributed by atoms with Crippen LogP contribution in [0.3, 0.4) is 0 Å². The molecule has 1 aliphatic heterocycles. The second-order valence-electron chi connectivity index (χ2n) is 6.56. The number of nitrogens with zero attached hydrogens (tertiary/aromatic N) is 3. The molecule has 138 valence electrons. The fraction of sp³-hybridized carbons (Fsp3) is 0.200. The summed E-state index contributed by atoms with van der Waals surface area (Å²) in [5, 5.41) is 4.75. The van der Waals surface area contributed by atoms with Gasteiger partial charge in [0.2, 0.25) is 0 Å². The number of rotatable bonds is 4. The van der Waals surface area contributed by atoms with Crippen molar-refractivity contribution in [1.82, 2.24) is 9.78 Å². The third kappa shape index (κ3) is 4.20. The lowest BCUT2D eigenvalue weighted by atomic mass is 10.1. The Morgan fingerprint density at radius 2 is 1.85 bits per heavy atom. The Morgan fingerprint density at radius 3 is 2.52 bits per heavy atom. The number of halogens is 1. The monoisotopic (exact) mass is 443 g/mol. The van der Waals surface area contributed by atoms with Crippen molar-refractivity contribution in [2.45, 2.75) is 12.5 Å². The van der Waals surface area contributed by atoms with E-state index >= 15 is 0 Å². The third-order valence-corrected chi connectivity index (χ3v) is 6.79. The summed E-state index contributed by atoms with van der Waals surface area (Å²) in [6.07, 6.45) is 4.27. The summed E-state index contributed by atoms with van der Waals surface area (Å²) < 4.78 is 26.2. The van der Waals surface area contributed by atoms with Crippen molar-refractivity contribution >= 4 is 32.0 Å². The van der Waals surface area contributed by atoms with Gasteiger partial charge in [0, 0.05) is 28.0 Å². The van der Waals surface area contributed by atoms with Gasteiger partial charge in [-0.3, -0.25) is 4.99 Å². The maximum atomic E-state index is 11.7. The molecule has 4 rings (SSSR count). The molecule has 0 N–H and O–H groups in total. The van der Waals surface area contributed by atoms with Gasteiger partial charge in [-0.15, -0.1) is 0 Å². The molecule has 1 fully saturated rings. The standard InChI is InChI=1S/C20H18BrN3O2S/c21-17-8-6-15(7-9-17)20-16(12-22-18-10-11-27(25,26)14-18)13-24(23-20)19-4-2-1-3-5-19/h1-9,12-13,18H,10-11,14H2/t18-/m1/s1. The summed E-state index contributed by atoms with van der Waals surface area (Å²) >= 11 is 3.46. The van der Waals surface area contributed by atoms with Gasteiger partial charge in [-0.1, -0.05) is 46.3 Å². The molecule has 2 aromatic carbocycles. The first-order valence-electron chi connectivity index (χ1n) is 8.65. The van der Waals surface area contributed by atoms with Gasteiger partial charge >= 0.3 is 0 Å². The number of sulfone groups is 1. The largest absolute Gasteiger partial charge is 0.288 e. The minimum atomic E-state index is -2.94.